The first kappa shape index (κ1) is 16.3. The number of hydrogen-bond acceptors (Lipinski definition) is 3. The highest BCUT2D eigenvalue weighted by molar-refractivity contribution is 7.89. The van der Waals surface area contributed by atoms with E-state index < -0.39 is 10.0 Å². The van der Waals surface area contributed by atoms with E-state index in [-0.39, 0.29) is 4.90 Å². The van der Waals surface area contributed by atoms with Crippen LogP contribution in [0.2, 0.25) is 0 Å². The molecule has 1 aromatic heterocycles. The van der Waals surface area contributed by atoms with Gasteiger partial charge in [0.05, 0.1) is 11.1 Å². The second kappa shape index (κ2) is 6.13. The van der Waals surface area contributed by atoms with Crippen LogP contribution in [0, 0.1) is 13.8 Å². The molecule has 0 aliphatic carbocycles. The molecule has 0 aliphatic rings. The molecular formula is C18H19N3O2S. The Hall–Kier alpha value is -2.60. The Balaban J connectivity index is 1.90. The van der Waals surface area contributed by atoms with Crippen LogP contribution in [0.4, 0.5) is 0 Å². The van der Waals surface area contributed by atoms with Gasteiger partial charge in [-0.05, 0) is 32.0 Å². The van der Waals surface area contributed by atoms with Gasteiger partial charge in [0.25, 0.3) is 10.0 Å². The van der Waals surface area contributed by atoms with Gasteiger partial charge in [0, 0.05) is 29.2 Å². The molecule has 0 saturated carbocycles. The monoisotopic (exact) mass is 341 g/mol. The number of hydrogen-bond donors (Lipinski definition) is 1. The normalized spacial score (nSPS) is 12.1. The van der Waals surface area contributed by atoms with E-state index >= 15 is 0 Å². The Morgan fingerprint density at radius 1 is 1.04 bits per heavy atom. The first-order chi connectivity index (χ1) is 11.4. The van der Waals surface area contributed by atoms with Crippen molar-refractivity contribution in [3.8, 4) is 0 Å². The Kier molecular flexibility index (Phi) is 4.15. The molecule has 0 bridgehead atoms. The summed E-state index contributed by atoms with van der Waals surface area (Å²) in [4.78, 5) is 2.47. The number of fused-ring (bicyclic) bond motifs is 1. The van der Waals surface area contributed by atoms with Crippen LogP contribution < -0.4 is 4.83 Å². The van der Waals surface area contributed by atoms with Crippen LogP contribution in [0.5, 0.6) is 0 Å². The van der Waals surface area contributed by atoms with E-state index in [4.69, 9.17) is 0 Å². The summed E-state index contributed by atoms with van der Waals surface area (Å²) >= 11 is 0. The van der Waals surface area contributed by atoms with Gasteiger partial charge >= 0.3 is 0 Å². The number of para-hydroxylation sites is 1. The van der Waals surface area contributed by atoms with Crippen molar-refractivity contribution in [3.63, 3.8) is 0 Å². The van der Waals surface area contributed by atoms with Crippen LogP contribution >= 0.6 is 0 Å². The molecular weight excluding hydrogens is 322 g/mol. The summed E-state index contributed by atoms with van der Waals surface area (Å²) < 4.78 is 26.6. The molecule has 0 unspecified atom stereocenters. The third-order valence-electron chi connectivity index (χ3n) is 4.15. The Bertz CT molecular complexity index is 1020. The molecule has 1 heterocycles. The highest BCUT2D eigenvalue weighted by atomic mass is 32.2. The van der Waals surface area contributed by atoms with Crippen molar-refractivity contribution in [1.82, 2.24) is 9.40 Å². The minimum atomic E-state index is -3.66. The first-order valence-corrected chi connectivity index (χ1v) is 9.04. The lowest BCUT2D eigenvalue weighted by Gasteiger charge is -2.03. The van der Waals surface area contributed by atoms with Gasteiger partial charge < -0.3 is 4.57 Å². The SMILES string of the molecule is Cc1ccc(S(=O)(=O)N/N=C/c2c(C)n(C)c3ccccc23)cc1. The maximum Gasteiger partial charge on any atom is 0.276 e. The van der Waals surface area contributed by atoms with Crippen LogP contribution in [0.1, 0.15) is 16.8 Å². The number of rotatable bonds is 4. The molecule has 0 atom stereocenters. The quantitative estimate of drug-likeness (QED) is 0.585. The van der Waals surface area contributed by atoms with Gasteiger partial charge in [0.1, 0.15) is 0 Å². The highest BCUT2D eigenvalue weighted by Crippen LogP contribution is 2.23. The largest absolute Gasteiger partial charge is 0.347 e. The van der Waals surface area contributed by atoms with E-state index in [1.807, 2.05) is 45.2 Å². The minimum Gasteiger partial charge on any atom is -0.347 e. The zero-order valence-electron chi connectivity index (χ0n) is 13.8. The minimum absolute atomic E-state index is 0.194. The third-order valence-corrected chi connectivity index (χ3v) is 5.38. The van der Waals surface area contributed by atoms with Crippen LogP contribution in [0.25, 0.3) is 10.9 Å². The maximum absolute atomic E-state index is 12.3. The van der Waals surface area contributed by atoms with Crippen molar-refractivity contribution in [2.75, 3.05) is 0 Å². The molecule has 3 rings (SSSR count). The van der Waals surface area contributed by atoms with Gasteiger partial charge in [-0.15, -0.1) is 0 Å². The molecule has 5 nitrogen and oxygen atoms in total. The Labute approximate surface area is 141 Å². The molecule has 124 valence electrons. The van der Waals surface area contributed by atoms with Crippen molar-refractivity contribution in [3.05, 3.63) is 65.4 Å². The third kappa shape index (κ3) is 2.92. The number of nitrogens with zero attached hydrogens (tertiary/aromatic N) is 2. The Morgan fingerprint density at radius 2 is 1.71 bits per heavy atom. The summed E-state index contributed by atoms with van der Waals surface area (Å²) in [6.45, 7) is 3.89. The van der Waals surface area contributed by atoms with E-state index in [0.717, 1.165) is 27.7 Å². The zero-order valence-corrected chi connectivity index (χ0v) is 14.6. The topological polar surface area (TPSA) is 63.5 Å². The van der Waals surface area contributed by atoms with Gasteiger partial charge in [-0.25, -0.2) is 4.83 Å². The molecule has 3 aromatic rings. The molecule has 0 fully saturated rings. The van der Waals surface area contributed by atoms with Gasteiger partial charge in [0.2, 0.25) is 0 Å². The number of benzene rings is 2. The summed E-state index contributed by atoms with van der Waals surface area (Å²) in [5.41, 5.74) is 4.01. The van der Waals surface area contributed by atoms with Gasteiger partial charge in [-0.3, -0.25) is 0 Å². The van der Waals surface area contributed by atoms with Crippen molar-refractivity contribution in [2.24, 2.45) is 12.1 Å². The number of nitrogens with one attached hydrogen (secondary N) is 1. The second-order valence-electron chi connectivity index (χ2n) is 5.74. The lowest BCUT2D eigenvalue weighted by molar-refractivity contribution is 0.584. The smallest absolute Gasteiger partial charge is 0.276 e. The Morgan fingerprint density at radius 3 is 2.42 bits per heavy atom. The average molecular weight is 341 g/mol. The number of aryl methyl sites for hydroxylation is 2. The maximum atomic E-state index is 12.3. The lowest BCUT2D eigenvalue weighted by Crippen LogP contribution is -2.18. The highest BCUT2D eigenvalue weighted by Gasteiger charge is 2.13. The van der Waals surface area contributed by atoms with Gasteiger partial charge in [-0.2, -0.15) is 13.5 Å². The van der Waals surface area contributed by atoms with Crippen LogP contribution in [0.15, 0.2) is 58.5 Å². The van der Waals surface area contributed by atoms with Crippen LogP contribution in [-0.4, -0.2) is 19.2 Å². The summed E-state index contributed by atoms with van der Waals surface area (Å²) in [6.07, 6.45) is 1.56. The summed E-state index contributed by atoms with van der Waals surface area (Å²) in [7, 11) is -1.68. The fraction of sp³-hybridized carbons (Fsp3) is 0.167. The summed E-state index contributed by atoms with van der Waals surface area (Å²) in [5, 5.41) is 5.00. The fourth-order valence-corrected chi connectivity index (χ4v) is 3.43. The van der Waals surface area contributed by atoms with E-state index in [2.05, 4.69) is 14.5 Å². The molecule has 24 heavy (non-hydrogen) atoms. The fourth-order valence-electron chi connectivity index (χ4n) is 2.64. The van der Waals surface area contributed by atoms with E-state index in [1.165, 1.54) is 0 Å². The van der Waals surface area contributed by atoms with Gasteiger partial charge in [0.15, 0.2) is 0 Å². The van der Waals surface area contributed by atoms with Crippen molar-refractivity contribution < 1.29 is 8.42 Å². The number of hydrazone groups is 1. The number of aromatic nitrogens is 1. The second-order valence-corrected chi connectivity index (χ2v) is 7.40. The molecule has 0 saturated heterocycles. The van der Waals surface area contributed by atoms with E-state index in [0.29, 0.717) is 0 Å². The molecule has 2 aromatic carbocycles. The predicted octanol–water partition coefficient (Wildman–Crippen LogP) is 3.11. The number of sulfonamides is 1. The van der Waals surface area contributed by atoms with E-state index in [9.17, 15) is 8.42 Å². The first-order valence-electron chi connectivity index (χ1n) is 7.56. The summed E-state index contributed by atoms with van der Waals surface area (Å²) in [5.74, 6) is 0. The molecule has 0 radical (unpaired) electrons. The predicted molar refractivity (Wildman–Crippen MR) is 96.8 cm³/mol. The van der Waals surface area contributed by atoms with Crippen LogP contribution in [0.3, 0.4) is 0 Å². The van der Waals surface area contributed by atoms with Crippen LogP contribution in [-0.2, 0) is 17.1 Å². The molecule has 0 aliphatic heterocycles. The molecule has 1 N–H and O–H groups in total. The lowest BCUT2D eigenvalue weighted by atomic mass is 10.1. The average Bonchev–Trinajstić information content (AvgIpc) is 2.80. The molecule has 6 heteroatoms. The molecule has 0 amide bonds. The zero-order chi connectivity index (χ0) is 17.3. The summed E-state index contributed by atoms with van der Waals surface area (Å²) in [6, 6.07) is 14.6. The van der Waals surface area contributed by atoms with Gasteiger partial charge in [-0.1, -0.05) is 35.9 Å². The van der Waals surface area contributed by atoms with Crippen molar-refractivity contribution in [2.45, 2.75) is 18.7 Å². The standard InChI is InChI=1S/C18H19N3O2S/c1-13-8-10-15(11-9-13)24(22,23)20-19-12-17-14(2)21(3)18-7-5-4-6-16(17)18/h4-12,20H,1-3H3/b19-12+. The van der Waals surface area contributed by atoms with E-state index in [1.54, 1.807) is 30.5 Å². The van der Waals surface area contributed by atoms with Crippen molar-refractivity contribution >= 4 is 27.1 Å². The molecule has 0 spiro atoms. The van der Waals surface area contributed by atoms with Crippen molar-refractivity contribution in [1.29, 1.82) is 0 Å².